The molecule has 0 aliphatic rings. The summed E-state index contributed by atoms with van der Waals surface area (Å²) < 4.78 is 11.1. The standard InChI is InChI=1S/C7H15ClOSSi/c1-11(2,3)7-6-10(9)5-4-8/h4-5H,6-7H2,1-3H3/b5-4+. The summed E-state index contributed by atoms with van der Waals surface area (Å²) in [5, 5.41) is 1.54. The maximum absolute atomic E-state index is 11.1. The molecule has 0 radical (unpaired) electrons. The predicted molar refractivity (Wildman–Crippen MR) is 56.2 cm³/mol. The Hall–Kier alpha value is 0.397. The fraction of sp³-hybridized carbons (Fsp3) is 0.714. The Balaban J connectivity index is 3.63. The minimum absolute atomic E-state index is 0.763. The van der Waals surface area contributed by atoms with Crippen molar-refractivity contribution < 1.29 is 4.21 Å². The van der Waals surface area contributed by atoms with Gasteiger partial charge in [0.25, 0.3) is 0 Å². The van der Waals surface area contributed by atoms with Crippen LogP contribution in [0, 0.1) is 0 Å². The van der Waals surface area contributed by atoms with E-state index in [4.69, 9.17) is 11.6 Å². The first-order valence-corrected chi connectivity index (χ1v) is 9.12. The van der Waals surface area contributed by atoms with E-state index in [1.165, 1.54) is 5.54 Å². The maximum atomic E-state index is 11.1. The van der Waals surface area contributed by atoms with Crippen LogP contribution in [0.3, 0.4) is 0 Å². The first kappa shape index (κ1) is 11.4. The minimum Gasteiger partial charge on any atom is -0.255 e. The third kappa shape index (κ3) is 8.30. The average molecular weight is 211 g/mol. The van der Waals surface area contributed by atoms with Gasteiger partial charge in [0.05, 0.1) is 0 Å². The third-order valence-electron chi connectivity index (χ3n) is 1.26. The molecular formula is C7H15ClOSSi. The third-order valence-corrected chi connectivity index (χ3v) is 4.69. The van der Waals surface area contributed by atoms with Crippen LogP contribution in [0.2, 0.25) is 25.7 Å². The highest BCUT2D eigenvalue weighted by Crippen LogP contribution is 2.08. The Morgan fingerprint density at radius 3 is 2.36 bits per heavy atom. The van der Waals surface area contributed by atoms with E-state index in [0.29, 0.717) is 0 Å². The smallest absolute Gasteiger partial charge is 0.0461 e. The zero-order chi connectivity index (χ0) is 8.91. The molecule has 0 amide bonds. The van der Waals surface area contributed by atoms with Gasteiger partial charge >= 0.3 is 0 Å². The molecule has 1 nitrogen and oxygen atoms in total. The molecule has 0 aromatic carbocycles. The number of hydrogen-bond donors (Lipinski definition) is 0. The van der Waals surface area contributed by atoms with Gasteiger partial charge in [-0.25, -0.2) is 0 Å². The van der Waals surface area contributed by atoms with Crippen LogP contribution in [0.4, 0.5) is 0 Å². The van der Waals surface area contributed by atoms with Crippen LogP contribution in [-0.4, -0.2) is 18.0 Å². The first-order valence-electron chi connectivity index (χ1n) is 3.60. The predicted octanol–water partition coefficient (Wildman–Crippen LogP) is 2.78. The van der Waals surface area contributed by atoms with Gasteiger partial charge in [0.2, 0.25) is 0 Å². The van der Waals surface area contributed by atoms with Crippen molar-refractivity contribution in [2.24, 2.45) is 0 Å². The van der Waals surface area contributed by atoms with E-state index in [-0.39, 0.29) is 0 Å². The van der Waals surface area contributed by atoms with Gasteiger partial charge in [-0.3, -0.25) is 4.21 Å². The molecule has 0 saturated carbocycles. The molecule has 0 fully saturated rings. The number of rotatable bonds is 4. The summed E-state index contributed by atoms with van der Waals surface area (Å²) in [6.07, 6.45) is 0. The summed E-state index contributed by atoms with van der Waals surface area (Å²) >= 11 is 5.28. The topological polar surface area (TPSA) is 17.1 Å². The van der Waals surface area contributed by atoms with Crippen LogP contribution < -0.4 is 0 Å². The van der Waals surface area contributed by atoms with Gasteiger partial charge in [-0.2, -0.15) is 0 Å². The van der Waals surface area contributed by atoms with Crippen molar-refractivity contribution in [3.8, 4) is 0 Å². The highest BCUT2D eigenvalue weighted by Gasteiger charge is 2.13. The lowest BCUT2D eigenvalue weighted by Crippen LogP contribution is -2.21. The zero-order valence-corrected chi connectivity index (χ0v) is 9.84. The highest BCUT2D eigenvalue weighted by molar-refractivity contribution is 7.88. The molecule has 0 aromatic rings. The molecule has 0 saturated heterocycles. The Morgan fingerprint density at radius 2 is 2.00 bits per heavy atom. The van der Waals surface area contributed by atoms with Gasteiger partial charge in [0, 0.05) is 35.6 Å². The van der Waals surface area contributed by atoms with Crippen molar-refractivity contribution >= 4 is 30.5 Å². The Morgan fingerprint density at radius 1 is 1.45 bits per heavy atom. The van der Waals surface area contributed by atoms with E-state index in [1.807, 2.05) is 0 Å². The van der Waals surface area contributed by atoms with Crippen molar-refractivity contribution in [1.82, 2.24) is 0 Å². The lowest BCUT2D eigenvalue weighted by Gasteiger charge is -2.13. The maximum Gasteiger partial charge on any atom is 0.0461 e. The van der Waals surface area contributed by atoms with E-state index < -0.39 is 18.9 Å². The molecule has 1 unspecified atom stereocenters. The van der Waals surface area contributed by atoms with E-state index in [2.05, 4.69) is 19.6 Å². The summed E-state index contributed by atoms with van der Waals surface area (Å²) in [4.78, 5) is 0. The molecule has 0 rings (SSSR count). The summed E-state index contributed by atoms with van der Waals surface area (Å²) in [6, 6.07) is 1.10. The normalized spacial score (nSPS) is 15.6. The summed E-state index contributed by atoms with van der Waals surface area (Å²) in [5.74, 6) is 0.763. The first-order chi connectivity index (χ1) is 4.95. The fourth-order valence-corrected chi connectivity index (χ4v) is 4.38. The quantitative estimate of drug-likeness (QED) is 0.653. The van der Waals surface area contributed by atoms with Crippen LogP contribution in [0.25, 0.3) is 0 Å². The number of hydrogen-bond acceptors (Lipinski definition) is 1. The molecule has 4 heteroatoms. The van der Waals surface area contributed by atoms with Crippen LogP contribution in [-0.2, 0) is 10.8 Å². The van der Waals surface area contributed by atoms with Crippen LogP contribution in [0.1, 0.15) is 0 Å². The van der Waals surface area contributed by atoms with Crippen molar-refractivity contribution in [3.63, 3.8) is 0 Å². The minimum atomic E-state index is -1.02. The van der Waals surface area contributed by atoms with Gasteiger partial charge in [0.15, 0.2) is 0 Å². The summed E-state index contributed by atoms with van der Waals surface area (Å²) in [6.45, 7) is 6.82. The van der Waals surface area contributed by atoms with Gasteiger partial charge < -0.3 is 0 Å². The lowest BCUT2D eigenvalue weighted by molar-refractivity contribution is 0.689. The molecule has 0 aliphatic carbocycles. The molecule has 1 atom stereocenters. The van der Waals surface area contributed by atoms with Crippen LogP contribution in [0.15, 0.2) is 10.9 Å². The van der Waals surface area contributed by atoms with Crippen LogP contribution >= 0.6 is 11.6 Å². The second kappa shape index (κ2) is 5.12. The summed E-state index contributed by atoms with van der Waals surface area (Å²) in [7, 11) is -1.86. The van der Waals surface area contributed by atoms with Crippen molar-refractivity contribution in [3.05, 3.63) is 10.9 Å². The highest BCUT2D eigenvalue weighted by atomic mass is 35.5. The van der Waals surface area contributed by atoms with E-state index in [1.54, 1.807) is 5.41 Å². The lowest BCUT2D eigenvalue weighted by atomic mass is 11.0. The molecule has 0 aromatic heterocycles. The molecule has 0 spiro atoms. The molecule has 0 bridgehead atoms. The van der Waals surface area contributed by atoms with Crippen molar-refractivity contribution in [1.29, 1.82) is 0 Å². The molecule has 66 valence electrons. The van der Waals surface area contributed by atoms with Crippen LogP contribution in [0.5, 0.6) is 0 Å². The molecule has 0 N–H and O–H groups in total. The van der Waals surface area contributed by atoms with Gasteiger partial charge in [0.1, 0.15) is 0 Å². The van der Waals surface area contributed by atoms with Gasteiger partial charge in [-0.15, -0.1) is 0 Å². The second-order valence-corrected chi connectivity index (χ2v) is 11.0. The Kier molecular flexibility index (Phi) is 5.30. The fourth-order valence-electron chi connectivity index (χ4n) is 0.532. The van der Waals surface area contributed by atoms with Gasteiger partial charge in [-0.05, 0) is 6.04 Å². The summed E-state index contributed by atoms with van der Waals surface area (Å²) in [5.41, 5.74) is 1.33. The monoisotopic (exact) mass is 210 g/mol. The molecule has 0 aliphatic heterocycles. The zero-order valence-electron chi connectivity index (χ0n) is 7.26. The van der Waals surface area contributed by atoms with E-state index >= 15 is 0 Å². The van der Waals surface area contributed by atoms with Gasteiger partial charge in [-0.1, -0.05) is 31.2 Å². The Labute approximate surface area is 77.3 Å². The largest absolute Gasteiger partial charge is 0.255 e. The molecule has 0 heterocycles. The SMILES string of the molecule is C[Si](C)(C)CCS(=O)/C=C/Cl. The Bertz CT molecular complexity index is 162. The van der Waals surface area contributed by atoms with Crippen molar-refractivity contribution in [2.75, 3.05) is 5.75 Å². The average Bonchev–Trinajstić information content (AvgIpc) is 1.83. The van der Waals surface area contributed by atoms with E-state index in [0.717, 1.165) is 11.8 Å². The van der Waals surface area contributed by atoms with E-state index in [9.17, 15) is 4.21 Å². The second-order valence-electron chi connectivity index (χ2n) is 3.66. The van der Waals surface area contributed by atoms with Crippen molar-refractivity contribution in [2.45, 2.75) is 25.7 Å². The molecular weight excluding hydrogens is 196 g/mol. The number of halogens is 1. The molecule has 11 heavy (non-hydrogen) atoms.